The fourth-order valence-corrected chi connectivity index (χ4v) is 3.19. The number of rotatable bonds is 5. The van der Waals surface area contributed by atoms with Crippen LogP contribution in [0.5, 0.6) is 5.75 Å². The molecule has 0 bridgehead atoms. The Morgan fingerprint density at radius 2 is 1.89 bits per heavy atom. The van der Waals surface area contributed by atoms with E-state index >= 15 is 0 Å². The number of benzene rings is 1. The van der Waals surface area contributed by atoms with Gasteiger partial charge in [0, 0.05) is 28.6 Å². The van der Waals surface area contributed by atoms with Gasteiger partial charge in [-0.25, -0.2) is 9.37 Å². The standard InChI is InChI=1S/C20H16F2N4O/c1-27-18-6-2-5-17(21)16(18)10-8-13-7-9-15(20-25-24-12-26(13)20)14-4-3-11-23-19(14)22/h2-7,9,11-12H,8,10H2,1H3. The van der Waals surface area contributed by atoms with Crippen LogP contribution in [0.3, 0.4) is 0 Å². The maximum atomic E-state index is 14.2. The van der Waals surface area contributed by atoms with Crippen molar-refractivity contribution in [1.82, 2.24) is 19.6 Å². The van der Waals surface area contributed by atoms with Crippen LogP contribution in [0.1, 0.15) is 11.3 Å². The third-order valence-electron chi connectivity index (χ3n) is 4.52. The summed E-state index contributed by atoms with van der Waals surface area (Å²) in [6.45, 7) is 0. The molecule has 0 saturated carbocycles. The van der Waals surface area contributed by atoms with Crippen LogP contribution >= 0.6 is 0 Å². The summed E-state index contributed by atoms with van der Waals surface area (Å²) in [5.41, 5.74) is 2.89. The topological polar surface area (TPSA) is 52.3 Å². The summed E-state index contributed by atoms with van der Waals surface area (Å²) in [5.74, 6) is -0.348. The molecule has 4 rings (SSSR count). The van der Waals surface area contributed by atoms with Crippen molar-refractivity contribution < 1.29 is 13.5 Å². The molecule has 0 fully saturated rings. The number of pyridine rings is 2. The molecule has 1 aromatic carbocycles. The lowest BCUT2D eigenvalue weighted by atomic mass is 10.0. The van der Waals surface area contributed by atoms with Crippen LogP contribution in [-0.2, 0) is 12.8 Å². The van der Waals surface area contributed by atoms with E-state index in [9.17, 15) is 8.78 Å². The maximum absolute atomic E-state index is 14.2. The van der Waals surface area contributed by atoms with E-state index in [0.29, 0.717) is 40.9 Å². The number of fused-ring (bicyclic) bond motifs is 1. The van der Waals surface area contributed by atoms with E-state index in [-0.39, 0.29) is 5.82 Å². The Morgan fingerprint density at radius 1 is 1.00 bits per heavy atom. The summed E-state index contributed by atoms with van der Waals surface area (Å²) in [6.07, 6.45) is 3.96. The summed E-state index contributed by atoms with van der Waals surface area (Å²) in [4.78, 5) is 3.69. The van der Waals surface area contributed by atoms with E-state index in [2.05, 4.69) is 15.2 Å². The lowest BCUT2D eigenvalue weighted by Crippen LogP contribution is -2.03. The summed E-state index contributed by atoms with van der Waals surface area (Å²) in [5, 5.41) is 8.08. The first-order valence-corrected chi connectivity index (χ1v) is 8.43. The monoisotopic (exact) mass is 366 g/mol. The van der Waals surface area contributed by atoms with Crippen molar-refractivity contribution in [3.05, 3.63) is 78.0 Å². The number of aromatic nitrogens is 4. The van der Waals surface area contributed by atoms with Gasteiger partial charge in [-0.3, -0.25) is 4.40 Å². The van der Waals surface area contributed by atoms with E-state index in [1.807, 2.05) is 6.07 Å². The number of hydrogen-bond donors (Lipinski definition) is 0. The Bertz CT molecular complexity index is 1110. The van der Waals surface area contributed by atoms with Crippen LogP contribution in [-0.4, -0.2) is 26.7 Å². The SMILES string of the molecule is COc1cccc(F)c1CCc1ccc(-c2cccnc2F)c2nncn12. The summed E-state index contributed by atoms with van der Waals surface area (Å²) in [7, 11) is 1.52. The molecule has 0 radical (unpaired) electrons. The van der Waals surface area contributed by atoms with E-state index < -0.39 is 5.95 Å². The average molecular weight is 366 g/mol. The van der Waals surface area contributed by atoms with Gasteiger partial charge < -0.3 is 4.74 Å². The molecule has 0 unspecified atom stereocenters. The highest BCUT2D eigenvalue weighted by Gasteiger charge is 2.15. The molecule has 4 aromatic rings. The Morgan fingerprint density at radius 3 is 2.70 bits per heavy atom. The van der Waals surface area contributed by atoms with Crippen LogP contribution < -0.4 is 4.74 Å². The lowest BCUT2D eigenvalue weighted by Gasteiger charge is -2.11. The van der Waals surface area contributed by atoms with Gasteiger partial charge in [-0.2, -0.15) is 4.39 Å². The van der Waals surface area contributed by atoms with Crippen molar-refractivity contribution in [2.45, 2.75) is 12.8 Å². The zero-order valence-corrected chi connectivity index (χ0v) is 14.6. The van der Waals surface area contributed by atoms with Gasteiger partial charge in [0.05, 0.1) is 7.11 Å². The Labute approximate surface area is 154 Å². The molecular weight excluding hydrogens is 350 g/mol. The van der Waals surface area contributed by atoms with Crippen LogP contribution in [0.15, 0.2) is 55.0 Å². The molecule has 0 saturated heterocycles. The third kappa shape index (κ3) is 3.12. The zero-order chi connectivity index (χ0) is 18.8. The predicted octanol–water partition coefficient (Wildman–Crippen LogP) is 3.86. The minimum absolute atomic E-state index is 0.302. The molecule has 3 heterocycles. The molecule has 136 valence electrons. The molecule has 0 atom stereocenters. The maximum Gasteiger partial charge on any atom is 0.220 e. The van der Waals surface area contributed by atoms with Crippen molar-refractivity contribution in [3.8, 4) is 16.9 Å². The van der Waals surface area contributed by atoms with Gasteiger partial charge in [0.25, 0.3) is 0 Å². The van der Waals surface area contributed by atoms with Crippen molar-refractivity contribution in [3.63, 3.8) is 0 Å². The summed E-state index contributed by atoms with van der Waals surface area (Å²) < 4.78 is 35.3. The molecular formula is C20H16F2N4O. The molecule has 3 aromatic heterocycles. The second kappa shape index (κ2) is 7.11. The Balaban J connectivity index is 1.70. The molecule has 5 nitrogen and oxygen atoms in total. The van der Waals surface area contributed by atoms with Crippen molar-refractivity contribution in [2.75, 3.05) is 7.11 Å². The minimum Gasteiger partial charge on any atom is -0.496 e. The van der Waals surface area contributed by atoms with E-state index in [0.717, 1.165) is 5.69 Å². The normalized spacial score (nSPS) is 11.1. The van der Waals surface area contributed by atoms with Gasteiger partial charge in [0.15, 0.2) is 5.65 Å². The van der Waals surface area contributed by atoms with E-state index in [1.54, 1.807) is 41.1 Å². The van der Waals surface area contributed by atoms with Crippen LogP contribution in [0.25, 0.3) is 16.8 Å². The van der Waals surface area contributed by atoms with E-state index in [4.69, 9.17) is 4.74 Å². The minimum atomic E-state index is -0.564. The Kier molecular flexibility index (Phi) is 4.50. The second-order valence-electron chi connectivity index (χ2n) is 6.03. The van der Waals surface area contributed by atoms with Gasteiger partial charge in [0.1, 0.15) is 17.9 Å². The first-order chi connectivity index (χ1) is 13.2. The summed E-state index contributed by atoms with van der Waals surface area (Å²) in [6, 6.07) is 11.7. The number of nitrogens with zero attached hydrogens (tertiary/aromatic N) is 4. The van der Waals surface area contributed by atoms with Crippen LogP contribution in [0.2, 0.25) is 0 Å². The highest BCUT2D eigenvalue weighted by molar-refractivity contribution is 5.77. The molecule has 0 aliphatic heterocycles. The highest BCUT2D eigenvalue weighted by atomic mass is 19.1. The molecule has 7 heteroatoms. The van der Waals surface area contributed by atoms with Gasteiger partial charge in [0.2, 0.25) is 5.95 Å². The van der Waals surface area contributed by atoms with Crippen molar-refractivity contribution in [1.29, 1.82) is 0 Å². The van der Waals surface area contributed by atoms with Crippen LogP contribution in [0.4, 0.5) is 8.78 Å². The van der Waals surface area contributed by atoms with Gasteiger partial charge >= 0.3 is 0 Å². The van der Waals surface area contributed by atoms with Crippen molar-refractivity contribution >= 4 is 5.65 Å². The fraction of sp³-hybridized carbons (Fsp3) is 0.150. The molecule has 0 amide bonds. The second-order valence-corrected chi connectivity index (χ2v) is 6.03. The first kappa shape index (κ1) is 17.1. The van der Waals surface area contributed by atoms with Gasteiger partial charge in [-0.1, -0.05) is 6.07 Å². The van der Waals surface area contributed by atoms with Gasteiger partial charge in [-0.05, 0) is 49.2 Å². The molecule has 0 spiro atoms. The zero-order valence-electron chi connectivity index (χ0n) is 14.6. The number of halogens is 2. The number of hydrogen-bond acceptors (Lipinski definition) is 4. The summed E-state index contributed by atoms with van der Waals surface area (Å²) >= 11 is 0. The Hall–Kier alpha value is -3.35. The molecule has 0 N–H and O–H groups in total. The average Bonchev–Trinajstić information content (AvgIpc) is 3.17. The molecule has 0 aliphatic rings. The van der Waals surface area contributed by atoms with Gasteiger partial charge in [-0.15, -0.1) is 10.2 Å². The number of methoxy groups -OCH3 is 1. The number of ether oxygens (including phenoxy) is 1. The molecule has 27 heavy (non-hydrogen) atoms. The quantitative estimate of drug-likeness (QED) is 0.503. The molecule has 0 aliphatic carbocycles. The van der Waals surface area contributed by atoms with E-state index in [1.165, 1.54) is 19.4 Å². The third-order valence-corrected chi connectivity index (χ3v) is 4.52. The first-order valence-electron chi connectivity index (χ1n) is 8.43. The van der Waals surface area contributed by atoms with Crippen LogP contribution in [0, 0.1) is 11.8 Å². The lowest BCUT2D eigenvalue weighted by molar-refractivity contribution is 0.404. The largest absolute Gasteiger partial charge is 0.496 e. The fourth-order valence-electron chi connectivity index (χ4n) is 3.19. The highest BCUT2D eigenvalue weighted by Crippen LogP contribution is 2.27. The number of aryl methyl sites for hydroxylation is 1. The smallest absolute Gasteiger partial charge is 0.220 e. The van der Waals surface area contributed by atoms with Crippen molar-refractivity contribution in [2.24, 2.45) is 0 Å². The predicted molar refractivity (Wildman–Crippen MR) is 96.5 cm³/mol.